The summed E-state index contributed by atoms with van der Waals surface area (Å²) in [6, 6.07) is 56.2. The Balaban J connectivity index is 0.992. The molecular formula is C82H98N6O6P2. The summed E-state index contributed by atoms with van der Waals surface area (Å²) in [5.41, 5.74) is 10.1. The van der Waals surface area contributed by atoms with Gasteiger partial charge in [0.25, 0.3) is 0 Å². The smallest absolute Gasteiger partial charge is 0.351 e. The second-order valence-electron chi connectivity index (χ2n) is 29.1. The number of aliphatic hydroxyl groups is 2. The minimum absolute atomic E-state index is 0.00798. The lowest BCUT2D eigenvalue weighted by Crippen LogP contribution is -2.79. The quantitative estimate of drug-likeness (QED) is 0.0530. The maximum absolute atomic E-state index is 17.3. The fourth-order valence-corrected chi connectivity index (χ4v) is 20.4. The lowest BCUT2D eigenvalue weighted by Gasteiger charge is -2.61. The van der Waals surface area contributed by atoms with Crippen molar-refractivity contribution >= 4 is 60.0 Å². The van der Waals surface area contributed by atoms with Gasteiger partial charge in [-0.05, 0) is 140 Å². The molecule has 4 unspecified atom stereocenters. The van der Waals surface area contributed by atoms with Crippen molar-refractivity contribution in [2.24, 2.45) is 9.98 Å². The van der Waals surface area contributed by atoms with Gasteiger partial charge in [-0.15, -0.1) is 0 Å². The number of nitrogens with zero attached hydrogens (tertiary/aromatic N) is 6. The third-order valence-corrected chi connectivity index (χ3v) is 25.4. The second kappa shape index (κ2) is 26.6. The number of hydrogen-bond acceptors (Lipinski definition) is 8. The van der Waals surface area contributed by atoms with Gasteiger partial charge in [0.15, 0.2) is 0 Å². The molecule has 0 spiro atoms. The van der Waals surface area contributed by atoms with E-state index >= 15 is 9.13 Å². The molecule has 4 aliphatic rings. The van der Waals surface area contributed by atoms with Crippen LogP contribution in [0.4, 0.5) is 22.7 Å². The molecule has 0 saturated carbocycles. The number of para-hydroxylation sites is 6. The molecule has 4 aliphatic heterocycles. The second-order valence-corrected chi connectivity index (χ2v) is 33.8. The molecule has 2 saturated heterocycles. The molecule has 0 amide bonds. The van der Waals surface area contributed by atoms with Crippen LogP contribution in [0.15, 0.2) is 180 Å². The van der Waals surface area contributed by atoms with E-state index in [-0.39, 0.29) is 60.4 Å². The van der Waals surface area contributed by atoms with Crippen LogP contribution in [-0.4, -0.2) is 56.2 Å². The van der Waals surface area contributed by atoms with Gasteiger partial charge >= 0.3 is 25.9 Å². The lowest BCUT2D eigenvalue weighted by atomic mass is 9.91. The topological polar surface area (TPSA) is 131 Å². The highest BCUT2D eigenvalue weighted by molar-refractivity contribution is 7.69. The first-order valence-corrected chi connectivity index (χ1v) is 38.3. The minimum atomic E-state index is -4.45. The van der Waals surface area contributed by atoms with Crippen molar-refractivity contribution in [1.29, 1.82) is 0 Å². The van der Waals surface area contributed by atoms with Gasteiger partial charge in [-0.2, -0.15) is 0 Å². The predicted octanol–water partition coefficient (Wildman–Crippen LogP) is 21.1. The average molecular weight is 1330 g/mol. The Hall–Kier alpha value is -7.72. The molecule has 4 heterocycles. The van der Waals surface area contributed by atoms with E-state index in [0.29, 0.717) is 59.7 Å². The number of fused-ring (bicyclic) bond motifs is 6. The molecule has 0 aromatic heterocycles. The molecule has 502 valence electrons. The number of aliphatic imine (C=N–C) groups is 2. The van der Waals surface area contributed by atoms with Crippen LogP contribution in [0.1, 0.15) is 228 Å². The van der Waals surface area contributed by atoms with E-state index in [1.165, 1.54) is 0 Å². The molecular weight excluding hydrogens is 1230 g/mol. The maximum atomic E-state index is 17.3. The van der Waals surface area contributed by atoms with Gasteiger partial charge in [0.05, 0.1) is 33.4 Å². The van der Waals surface area contributed by atoms with Crippen molar-refractivity contribution in [3.05, 3.63) is 214 Å². The van der Waals surface area contributed by atoms with Crippen molar-refractivity contribution < 1.29 is 28.4 Å². The number of rotatable bonds is 21. The Bertz CT molecular complexity index is 4030. The van der Waals surface area contributed by atoms with Crippen molar-refractivity contribution in [3.63, 3.8) is 0 Å². The molecule has 0 aliphatic carbocycles. The summed E-state index contributed by atoms with van der Waals surface area (Å²) in [4.78, 5) is 19.2. The lowest BCUT2D eigenvalue weighted by molar-refractivity contribution is -0.0355. The number of guanidine groups is 2. The van der Waals surface area contributed by atoms with E-state index in [0.717, 1.165) is 89.5 Å². The van der Waals surface area contributed by atoms with E-state index < -0.39 is 25.9 Å². The fraction of sp³-hybridized carbons (Fsp3) is 0.390. The summed E-state index contributed by atoms with van der Waals surface area (Å²) in [6.07, 6.45) is 2.39. The van der Waals surface area contributed by atoms with Crippen molar-refractivity contribution in [2.45, 2.75) is 195 Å². The molecule has 2 N–H and O–H groups in total. The highest BCUT2D eigenvalue weighted by Crippen LogP contribution is 2.70. The maximum Gasteiger partial charge on any atom is 0.351 e. The summed E-state index contributed by atoms with van der Waals surface area (Å²) >= 11 is 0. The van der Waals surface area contributed by atoms with Gasteiger partial charge in [0.1, 0.15) is 11.5 Å². The van der Waals surface area contributed by atoms with E-state index in [9.17, 15) is 10.2 Å². The molecule has 8 aromatic carbocycles. The molecule has 2 fully saturated rings. The number of unbranched alkanes of at least 4 members (excludes halogenated alkanes) is 3. The Morgan fingerprint density at radius 3 is 0.896 bits per heavy atom. The predicted molar refractivity (Wildman–Crippen MR) is 399 cm³/mol. The minimum Gasteiger partial charge on any atom is -0.435 e. The van der Waals surface area contributed by atoms with Crippen LogP contribution in [0.3, 0.4) is 0 Å². The average Bonchev–Trinajstić information content (AvgIpc) is 0.677. The molecule has 12 nitrogen and oxygen atoms in total. The van der Waals surface area contributed by atoms with Crippen LogP contribution in [0, 0.1) is 0 Å². The fourth-order valence-electron chi connectivity index (χ4n) is 14.9. The van der Waals surface area contributed by atoms with Crippen LogP contribution in [-0.2, 0) is 9.13 Å². The molecule has 96 heavy (non-hydrogen) atoms. The first kappa shape index (κ1) is 68.2. The van der Waals surface area contributed by atoms with Gasteiger partial charge in [0.2, 0.25) is 11.9 Å². The van der Waals surface area contributed by atoms with Gasteiger partial charge in [-0.1, -0.05) is 269 Å². The first-order valence-electron chi connectivity index (χ1n) is 35.1. The van der Waals surface area contributed by atoms with Crippen molar-refractivity contribution in [1.82, 2.24) is 9.80 Å². The number of hydrogen-bond donors (Lipinski definition) is 2. The molecule has 4 atom stereocenters. The van der Waals surface area contributed by atoms with Crippen LogP contribution < -0.4 is 29.5 Å². The van der Waals surface area contributed by atoms with Crippen molar-refractivity contribution in [2.75, 3.05) is 22.9 Å². The number of benzene rings is 8. The van der Waals surface area contributed by atoms with Crippen LogP contribution in [0.2, 0.25) is 0 Å². The van der Waals surface area contributed by atoms with Crippen LogP contribution in [0.5, 0.6) is 11.5 Å². The molecule has 0 bridgehead atoms. The van der Waals surface area contributed by atoms with Gasteiger partial charge < -0.3 is 19.3 Å². The standard InChI is InChI=1S/C82H98N6O6P2/c1-51(2)59-37-29-38-60(52(3)4)75(59)83-79-85(81(89,87(79)77-63(55(9)10)41-31-42-64(77)56(11)12)95(91)73-47-25-21-35-69(73)67-33-19-23-45-71(67)93-95)49-27-17-18-28-50-86-80(84-76-61(53(5)6)39-30-40-62(76)54(7)8)88(78-65(57(13)14)43-32-44-66(78)58(15)16)82(86,90)96(92)74-48-26-22-36-70(74)68-34-20-24-46-72(68)94-96/h19-26,29-48,51-58,89-90H,17-18,27-28,49-50H2,1-16H3. The molecule has 12 rings (SSSR count). The van der Waals surface area contributed by atoms with E-state index in [1.54, 1.807) is 0 Å². The zero-order chi connectivity index (χ0) is 68.5. The normalized spacial score (nSPS) is 21.4. The Labute approximate surface area is 571 Å². The Morgan fingerprint density at radius 2 is 0.604 bits per heavy atom. The summed E-state index contributed by atoms with van der Waals surface area (Å²) in [5, 5.41) is 30.2. The Morgan fingerprint density at radius 1 is 0.344 bits per heavy atom. The Kier molecular flexibility index (Phi) is 18.9. The van der Waals surface area contributed by atoms with Crippen molar-refractivity contribution in [3.8, 4) is 33.8 Å². The first-order chi connectivity index (χ1) is 45.8. The zero-order valence-electron chi connectivity index (χ0n) is 59.1. The summed E-state index contributed by atoms with van der Waals surface area (Å²) in [7, 11) is -8.91. The largest absolute Gasteiger partial charge is 0.435 e. The summed E-state index contributed by atoms with van der Waals surface area (Å²) < 4.78 is 48.6. The van der Waals surface area contributed by atoms with Gasteiger partial charge in [-0.25, -0.2) is 9.98 Å². The van der Waals surface area contributed by atoms with Gasteiger partial charge in [0, 0.05) is 24.2 Å². The zero-order valence-corrected chi connectivity index (χ0v) is 60.9. The molecule has 14 heteroatoms. The third-order valence-electron chi connectivity index (χ3n) is 20.0. The summed E-state index contributed by atoms with van der Waals surface area (Å²) in [5.74, 6) is 2.35. The van der Waals surface area contributed by atoms with E-state index in [4.69, 9.17) is 19.0 Å². The monoisotopic (exact) mass is 1320 g/mol. The van der Waals surface area contributed by atoms with Crippen LogP contribution in [0.25, 0.3) is 22.3 Å². The summed E-state index contributed by atoms with van der Waals surface area (Å²) in [6.45, 7) is 35.4. The molecule has 0 radical (unpaired) electrons. The highest BCUT2D eigenvalue weighted by atomic mass is 31.2. The van der Waals surface area contributed by atoms with Gasteiger partial charge in [-0.3, -0.25) is 28.7 Å². The van der Waals surface area contributed by atoms with E-state index in [1.807, 2.05) is 117 Å². The number of anilines is 2. The molecule has 8 aromatic rings. The highest BCUT2D eigenvalue weighted by Gasteiger charge is 2.73. The SMILES string of the molecule is CC(C)c1cccc(C(C)C)c1N=C1N(CCCCCCN2C(=Nc3c(C(C)C)cccc3C(C)C)N(c3c(C(C)C)cccc3C(C)C)C2(O)P2(=O)Oc3ccccc3-c3ccccc32)C(O)(P2(=O)Oc3ccccc3-c3ccccc32)N1c1c(C(C)C)cccc1C(C)C. The third kappa shape index (κ3) is 11.1. The van der Waals surface area contributed by atoms with Crippen LogP contribution >= 0.6 is 14.7 Å². The van der Waals surface area contributed by atoms with E-state index in [2.05, 4.69) is 184 Å².